The summed E-state index contributed by atoms with van der Waals surface area (Å²) in [7, 11) is 0. The smallest absolute Gasteiger partial charge is 0.375 e. The van der Waals surface area contributed by atoms with Gasteiger partial charge in [0.05, 0.1) is 22.9 Å². The fourth-order valence-electron chi connectivity index (χ4n) is 9.33. The summed E-state index contributed by atoms with van der Waals surface area (Å²) in [6, 6.07) is 0. The van der Waals surface area contributed by atoms with Gasteiger partial charge in [-0.2, -0.15) is 0 Å². The molecular weight excluding hydrogens is 448 g/mol. The van der Waals surface area contributed by atoms with Crippen molar-refractivity contribution >= 4 is 0 Å². The lowest BCUT2D eigenvalue weighted by Gasteiger charge is -2.60. The maximum atomic E-state index is 12.5. The predicted molar refractivity (Wildman–Crippen MR) is 132 cm³/mol. The summed E-state index contributed by atoms with van der Waals surface area (Å²) in [6.45, 7) is 11.2. The van der Waals surface area contributed by atoms with E-state index >= 15 is 0 Å². The van der Waals surface area contributed by atoms with Gasteiger partial charge in [-0.05, 0) is 86.4 Å². The van der Waals surface area contributed by atoms with Crippen LogP contribution in [0.3, 0.4) is 0 Å². The Bertz CT molecular complexity index is 876. The molecule has 0 saturated heterocycles. The van der Waals surface area contributed by atoms with Crippen molar-refractivity contribution in [3.05, 3.63) is 31.9 Å². The molecule has 9 atom stereocenters. The summed E-state index contributed by atoms with van der Waals surface area (Å²) in [4.78, 5) is 28.4. The first-order valence-corrected chi connectivity index (χ1v) is 13.7. The fraction of sp³-hybridized carbons (Fsp3) is 0.926. The lowest BCUT2D eigenvalue weighted by molar-refractivity contribution is -0.864. The number of aliphatic hydroxyl groups is 1. The average Bonchev–Trinajstić information content (AvgIpc) is 3.11. The molecule has 0 aromatic heterocycles. The summed E-state index contributed by atoms with van der Waals surface area (Å²) >= 11 is 0. The second-order valence-corrected chi connectivity index (χ2v) is 13.0. The number of allylic oxidation sites excluding steroid dienone is 1. The molecule has 0 aromatic carbocycles. The molecule has 0 radical (unpaired) electrons. The van der Waals surface area contributed by atoms with Gasteiger partial charge < -0.3 is 5.11 Å². The molecule has 0 aromatic rings. The third kappa shape index (κ3) is 4.08. The van der Waals surface area contributed by atoms with E-state index in [1.807, 2.05) is 6.92 Å². The van der Waals surface area contributed by atoms with E-state index in [1.165, 1.54) is 25.7 Å². The van der Waals surface area contributed by atoms with Crippen LogP contribution in [0.2, 0.25) is 0 Å². The van der Waals surface area contributed by atoms with Crippen LogP contribution in [0.5, 0.6) is 0 Å². The Morgan fingerprint density at radius 1 is 1.11 bits per heavy atom. The molecule has 8 nitrogen and oxygen atoms in total. The standard InChI is InChI=1S/C27H44N2O6/c1-17(2)7-6-8-18(3)22-11-12-23-21-10-9-19-15-20(30)16-27(28(31)32,35-29(33)34)26(19,5)24(21)13-14-25(22,23)4/h9,17-18,20-24,30H,6-8,10-16H2,1-5H3/t18-,20+,21+,22-,23+,24+,25-,26+,27?/m1/s1. The Morgan fingerprint density at radius 2 is 1.83 bits per heavy atom. The van der Waals surface area contributed by atoms with Crippen LogP contribution >= 0.6 is 0 Å². The Labute approximate surface area is 209 Å². The zero-order chi connectivity index (χ0) is 25.8. The van der Waals surface area contributed by atoms with Gasteiger partial charge in [0.15, 0.2) is 0 Å². The Kier molecular flexibility index (Phi) is 7.01. The van der Waals surface area contributed by atoms with Crippen LogP contribution in [0, 0.1) is 66.6 Å². The molecule has 0 bridgehead atoms. The third-order valence-corrected chi connectivity index (χ3v) is 11.0. The Balaban J connectivity index is 1.65. The lowest BCUT2D eigenvalue weighted by Crippen LogP contribution is -2.66. The number of nitro groups is 1. The van der Waals surface area contributed by atoms with Crippen molar-refractivity contribution < 1.29 is 20.0 Å². The molecule has 1 N–H and O–H groups in total. The molecule has 0 amide bonds. The SMILES string of the molecule is CC(C)CCC[C@@H](C)[C@H]1CC[C@H]2[C@@H]3CC=C4C[C@H](O)CC(O[N+](=O)[O-])([N+](=O)[O-])[C@]4(C)[C@H]3CC[C@]12C. The van der Waals surface area contributed by atoms with Crippen LogP contribution in [0.15, 0.2) is 11.6 Å². The average molecular weight is 493 g/mol. The van der Waals surface area contributed by atoms with Crippen LogP contribution in [-0.4, -0.2) is 26.9 Å². The fourth-order valence-corrected chi connectivity index (χ4v) is 9.33. The molecule has 0 spiro atoms. The lowest BCUT2D eigenvalue weighted by atomic mass is 9.45. The van der Waals surface area contributed by atoms with E-state index in [-0.39, 0.29) is 23.7 Å². The molecule has 4 rings (SSSR count). The maximum Gasteiger partial charge on any atom is 0.375 e. The molecule has 4 aliphatic carbocycles. The summed E-state index contributed by atoms with van der Waals surface area (Å²) in [5.41, 5.74) is -2.38. The van der Waals surface area contributed by atoms with Gasteiger partial charge in [-0.1, -0.05) is 58.6 Å². The molecule has 35 heavy (non-hydrogen) atoms. The molecule has 3 fully saturated rings. The minimum atomic E-state index is -2.25. The number of hydrogen-bond donors (Lipinski definition) is 1. The van der Waals surface area contributed by atoms with Gasteiger partial charge in [0.1, 0.15) is 0 Å². The topological polar surface area (TPSA) is 116 Å². The minimum absolute atomic E-state index is 0.0616. The first-order chi connectivity index (χ1) is 16.4. The molecule has 1 unspecified atom stereocenters. The third-order valence-electron chi connectivity index (χ3n) is 11.0. The van der Waals surface area contributed by atoms with E-state index < -0.39 is 27.3 Å². The van der Waals surface area contributed by atoms with E-state index in [0.717, 1.165) is 37.2 Å². The number of hydrogen-bond acceptors (Lipinski definition) is 6. The second kappa shape index (κ2) is 9.31. The normalized spacial score (nSPS) is 43.5. The molecule has 4 aliphatic rings. The number of nitrogens with zero attached hydrogens (tertiary/aromatic N) is 2. The highest BCUT2D eigenvalue weighted by atomic mass is 17.0. The molecule has 3 saturated carbocycles. The number of fused-ring (bicyclic) bond motifs is 5. The molecular formula is C27H44N2O6. The van der Waals surface area contributed by atoms with Crippen molar-refractivity contribution in [2.24, 2.45) is 46.3 Å². The summed E-state index contributed by atoms with van der Waals surface area (Å²) in [6.07, 6.45) is 9.77. The largest absolute Gasteiger partial charge is 0.392 e. The quantitative estimate of drug-likeness (QED) is 0.187. The van der Waals surface area contributed by atoms with Gasteiger partial charge in [-0.25, -0.2) is 4.84 Å². The number of rotatable bonds is 8. The highest BCUT2D eigenvalue weighted by molar-refractivity contribution is 5.29. The van der Waals surface area contributed by atoms with E-state index in [4.69, 9.17) is 4.84 Å². The highest BCUT2D eigenvalue weighted by Crippen LogP contribution is 2.69. The van der Waals surface area contributed by atoms with Crippen LogP contribution in [0.1, 0.15) is 98.8 Å². The van der Waals surface area contributed by atoms with Gasteiger partial charge in [0.2, 0.25) is 0 Å². The zero-order valence-corrected chi connectivity index (χ0v) is 22.1. The zero-order valence-electron chi connectivity index (χ0n) is 22.1. The monoisotopic (exact) mass is 492 g/mol. The first kappa shape index (κ1) is 26.4. The van der Waals surface area contributed by atoms with Gasteiger partial charge in [0.25, 0.3) is 0 Å². The minimum Gasteiger partial charge on any atom is -0.392 e. The van der Waals surface area contributed by atoms with E-state index in [0.29, 0.717) is 24.2 Å². The van der Waals surface area contributed by atoms with Crippen LogP contribution in [0.4, 0.5) is 0 Å². The molecule has 8 heteroatoms. The summed E-state index contributed by atoms with van der Waals surface area (Å²) < 4.78 is 0. The van der Waals surface area contributed by atoms with E-state index in [9.17, 15) is 25.3 Å². The van der Waals surface area contributed by atoms with E-state index in [1.54, 1.807) is 0 Å². The van der Waals surface area contributed by atoms with Crippen molar-refractivity contribution in [2.75, 3.05) is 0 Å². The summed E-state index contributed by atoms with van der Waals surface area (Å²) in [5.74, 6) is 2.69. The van der Waals surface area contributed by atoms with Crippen LogP contribution < -0.4 is 0 Å². The Morgan fingerprint density at radius 3 is 2.46 bits per heavy atom. The molecule has 0 heterocycles. The Hall–Kier alpha value is -1.70. The van der Waals surface area contributed by atoms with Crippen molar-refractivity contribution in [3.8, 4) is 0 Å². The number of aliphatic hydroxyl groups excluding tert-OH is 1. The molecule has 198 valence electrons. The van der Waals surface area contributed by atoms with Gasteiger partial charge >= 0.3 is 10.8 Å². The second-order valence-electron chi connectivity index (χ2n) is 13.0. The highest BCUT2D eigenvalue weighted by Gasteiger charge is 2.73. The van der Waals surface area contributed by atoms with E-state index in [2.05, 4.69) is 33.8 Å². The van der Waals surface area contributed by atoms with Crippen LogP contribution in [-0.2, 0) is 4.84 Å². The van der Waals surface area contributed by atoms with Gasteiger partial charge in [-0.15, -0.1) is 10.1 Å². The summed E-state index contributed by atoms with van der Waals surface area (Å²) in [5, 5.41) is 33.5. The molecule has 0 aliphatic heterocycles. The van der Waals surface area contributed by atoms with Crippen molar-refractivity contribution in [1.29, 1.82) is 0 Å². The predicted octanol–water partition coefficient (Wildman–Crippen LogP) is 6.18. The van der Waals surface area contributed by atoms with Gasteiger partial charge in [-0.3, -0.25) is 10.1 Å². The van der Waals surface area contributed by atoms with Gasteiger partial charge in [0, 0.05) is 0 Å². The van der Waals surface area contributed by atoms with Crippen molar-refractivity contribution in [3.63, 3.8) is 0 Å². The maximum absolute atomic E-state index is 12.5. The van der Waals surface area contributed by atoms with Crippen molar-refractivity contribution in [2.45, 2.75) is 111 Å². The van der Waals surface area contributed by atoms with Crippen LogP contribution in [0.25, 0.3) is 0 Å². The van der Waals surface area contributed by atoms with Crippen molar-refractivity contribution in [1.82, 2.24) is 0 Å². The first-order valence-electron chi connectivity index (χ1n) is 13.7.